The third-order valence-electron chi connectivity index (χ3n) is 4.25. The lowest BCUT2D eigenvalue weighted by molar-refractivity contribution is -0.386. The van der Waals surface area contributed by atoms with E-state index in [9.17, 15) is 10.1 Å². The van der Waals surface area contributed by atoms with E-state index in [1.54, 1.807) is 20.1 Å². The second-order valence-electron chi connectivity index (χ2n) is 6.55. The average molecular weight is 457 g/mol. The predicted octanol–water partition coefficient (Wildman–Crippen LogP) is 5.36. The van der Waals surface area contributed by atoms with Crippen molar-refractivity contribution in [2.45, 2.75) is 20.3 Å². The maximum Gasteiger partial charge on any atom is 0.315 e. The molecule has 3 rings (SSSR count). The number of hydrogen-bond donors (Lipinski definition) is 1. The van der Waals surface area contributed by atoms with Gasteiger partial charge >= 0.3 is 5.69 Å². The Kier molecular flexibility index (Phi) is 7.98. The summed E-state index contributed by atoms with van der Waals surface area (Å²) in [6, 6.07) is 10.7. The molecule has 0 bridgehead atoms. The Morgan fingerprint density at radius 1 is 1.25 bits per heavy atom. The second-order valence-corrected chi connectivity index (χ2v) is 7.40. The fourth-order valence-electron chi connectivity index (χ4n) is 2.83. The fourth-order valence-corrected chi connectivity index (χ4v) is 3.50. The molecule has 0 saturated carbocycles. The van der Waals surface area contributed by atoms with Gasteiger partial charge in [0.1, 0.15) is 5.75 Å². The van der Waals surface area contributed by atoms with Gasteiger partial charge < -0.3 is 14.2 Å². The van der Waals surface area contributed by atoms with Gasteiger partial charge in [-0.15, -0.1) is 11.3 Å². The topological polar surface area (TPSA) is 108 Å². The second kappa shape index (κ2) is 11.1. The molecule has 168 valence electrons. The summed E-state index contributed by atoms with van der Waals surface area (Å²) in [6.45, 7) is 4.44. The third kappa shape index (κ3) is 5.73. The number of rotatable bonds is 11. The summed E-state index contributed by atoms with van der Waals surface area (Å²) in [4.78, 5) is 15.6. The highest BCUT2D eigenvalue weighted by molar-refractivity contribution is 7.14. The molecule has 0 aliphatic heterocycles. The molecule has 0 saturated heterocycles. The van der Waals surface area contributed by atoms with Gasteiger partial charge in [-0.2, -0.15) is 5.10 Å². The molecule has 0 atom stereocenters. The lowest BCUT2D eigenvalue weighted by Crippen LogP contribution is -2.04. The van der Waals surface area contributed by atoms with Gasteiger partial charge in [0.05, 0.1) is 37.2 Å². The summed E-state index contributed by atoms with van der Waals surface area (Å²) in [5, 5.41) is 18.2. The normalized spacial score (nSPS) is 10.8. The molecule has 3 aromatic rings. The molecular weight excluding hydrogens is 432 g/mol. The van der Waals surface area contributed by atoms with Crippen LogP contribution < -0.4 is 19.6 Å². The largest absolute Gasteiger partial charge is 0.497 e. The predicted molar refractivity (Wildman–Crippen MR) is 125 cm³/mol. The molecule has 9 nitrogen and oxygen atoms in total. The number of hydrogen-bond acceptors (Lipinski definition) is 9. The number of methoxy groups -OCH3 is 1. The Morgan fingerprint density at radius 2 is 2.09 bits per heavy atom. The Bertz CT molecular complexity index is 1100. The van der Waals surface area contributed by atoms with Gasteiger partial charge in [0.2, 0.25) is 10.9 Å². The van der Waals surface area contributed by atoms with E-state index in [0.717, 1.165) is 23.4 Å². The fraction of sp³-hybridized carbons (Fsp3) is 0.273. The first-order chi connectivity index (χ1) is 15.5. The first kappa shape index (κ1) is 23.0. The number of thiazole rings is 1. The number of nitrogens with one attached hydrogen (secondary N) is 1. The van der Waals surface area contributed by atoms with Crippen molar-refractivity contribution in [1.29, 1.82) is 0 Å². The van der Waals surface area contributed by atoms with Crippen LogP contribution in [-0.4, -0.2) is 36.4 Å². The van der Waals surface area contributed by atoms with E-state index in [-0.39, 0.29) is 11.4 Å². The highest BCUT2D eigenvalue weighted by Crippen LogP contribution is 2.38. The van der Waals surface area contributed by atoms with Crippen LogP contribution >= 0.6 is 11.3 Å². The molecular formula is C22H24N4O5S. The van der Waals surface area contributed by atoms with Crippen molar-refractivity contribution in [3.8, 4) is 28.5 Å². The first-order valence-corrected chi connectivity index (χ1v) is 10.9. The minimum absolute atomic E-state index is 0.131. The molecule has 0 fully saturated rings. The van der Waals surface area contributed by atoms with Crippen LogP contribution in [0.3, 0.4) is 0 Å². The summed E-state index contributed by atoms with van der Waals surface area (Å²) in [6.07, 6.45) is 2.20. The van der Waals surface area contributed by atoms with Crippen molar-refractivity contribution in [2.75, 3.05) is 25.7 Å². The number of anilines is 1. The smallest absolute Gasteiger partial charge is 0.315 e. The van der Waals surface area contributed by atoms with Crippen LogP contribution in [0, 0.1) is 10.1 Å². The standard InChI is InChI=1S/C22H24N4O5S/c1-4-9-31-21-19(26(27)28)10-15(11-20(21)30-5-2)13-23-25-22-24-18(14-32-22)16-7-6-8-17(12-16)29-3/h6-8,10-14H,4-5,9H2,1-3H3,(H,24,25)/b23-13-. The monoisotopic (exact) mass is 456 g/mol. The van der Waals surface area contributed by atoms with Gasteiger partial charge in [-0.1, -0.05) is 19.1 Å². The number of aromatic nitrogens is 1. The summed E-state index contributed by atoms with van der Waals surface area (Å²) in [5.41, 5.74) is 4.92. The van der Waals surface area contributed by atoms with Gasteiger partial charge in [0.15, 0.2) is 5.75 Å². The highest BCUT2D eigenvalue weighted by atomic mass is 32.1. The lowest BCUT2D eigenvalue weighted by atomic mass is 10.2. The molecule has 10 heteroatoms. The van der Waals surface area contributed by atoms with E-state index < -0.39 is 4.92 Å². The highest BCUT2D eigenvalue weighted by Gasteiger charge is 2.22. The maximum absolute atomic E-state index is 11.6. The van der Waals surface area contributed by atoms with Crippen molar-refractivity contribution < 1.29 is 19.1 Å². The van der Waals surface area contributed by atoms with Crippen molar-refractivity contribution in [3.63, 3.8) is 0 Å². The molecule has 0 amide bonds. The molecule has 2 aromatic carbocycles. The van der Waals surface area contributed by atoms with Crippen LogP contribution in [0.15, 0.2) is 46.9 Å². The summed E-state index contributed by atoms with van der Waals surface area (Å²) >= 11 is 1.39. The van der Waals surface area contributed by atoms with Crippen molar-refractivity contribution >= 4 is 28.4 Å². The van der Waals surface area contributed by atoms with Crippen LogP contribution in [0.2, 0.25) is 0 Å². The number of nitro benzene ring substituents is 1. The Morgan fingerprint density at radius 3 is 2.81 bits per heavy atom. The van der Waals surface area contributed by atoms with Crippen LogP contribution in [-0.2, 0) is 0 Å². The molecule has 1 heterocycles. The number of ether oxygens (including phenoxy) is 3. The zero-order valence-electron chi connectivity index (χ0n) is 18.0. The summed E-state index contributed by atoms with van der Waals surface area (Å²) in [7, 11) is 1.62. The average Bonchev–Trinajstić information content (AvgIpc) is 3.27. The van der Waals surface area contributed by atoms with Gasteiger partial charge in [-0.05, 0) is 31.5 Å². The van der Waals surface area contributed by atoms with Crippen molar-refractivity contribution in [3.05, 3.63) is 57.5 Å². The van der Waals surface area contributed by atoms with E-state index >= 15 is 0 Å². The van der Waals surface area contributed by atoms with Gasteiger partial charge in [-0.3, -0.25) is 15.5 Å². The van der Waals surface area contributed by atoms with Crippen molar-refractivity contribution in [2.24, 2.45) is 5.10 Å². The van der Waals surface area contributed by atoms with E-state index in [0.29, 0.717) is 29.7 Å². The zero-order chi connectivity index (χ0) is 22.9. The van der Waals surface area contributed by atoms with Crippen LogP contribution in [0.4, 0.5) is 10.8 Å². The molecule has 1 aromatic heterocycles. The SMILES string of the molecule is CCCOc1c(OCC)cc(/C=N\Nc2nc(-c3cccc(OC)c3)cs2)cc1[N+](=O)[O-]. The van der Waals surface area contributed by atoms with Gasteiger partial charge in [0.25, 0.3) is 0 Å². The molecule has 32 heavy (non-hydrogen) atoms. The number of nitro groups is 1. The molecule has 0 aliphatic rings. The van der Waals surface area contributed by atoms with E-state index in [2.05, 4.69) is 15.5 Å². The van der Waals surface area contributed by atoms with Crippen LogP contribution in [0.25, 0.3) is 11.3 Å². The summed E-state index contributed by atoms with van der Waals surface area (Å²) < 4.78 is 16.4. The quantitative estimate of drug-likeness (QED) is 0.235. The minimum Gasteiger partial charge on any atom is -0.497 e. The molecule has 0 aliphatic carbocycles. The minimum atomic E-state index is -0.487. The Hall–Kier alpha value is -3.66. The number of nitrogens with zero attached hydrogens (tertiary/aromatic N) is 3. The number of hydrazone groups is 1. The van der Waals surface area contributed by atoms with E-state index in [4.69, 9.17) is 14.2 Å². The maximum atomic E-state index is 11.6. The van der Waals surface area contributed by atoms with Gasteiger partial charge in [-0.25, -0.2) is 4.98 Å². The number of benzene rings is 2. The Labute approximate surface area is 189 Å². The molecule has 0 unspecified atom stereocenters. The molecule has 0 spiro atoms. The summed E-state index contributed by atoms with van der Waals surface area (Å²) in [5.74, 6) is 1.19. The first-order valence-electron chi connectivity index (χ1n) is 10.0. The Balaban J connectivity index is 1.79. The van der Waals surface area contributed by atoms with E-state index in [1.165, 1.54) is 23.6 Å². The van der Waals surface area contributed by atoms with Gasteiger partial charge in [0, 0.05) is 22.6 Å². The van der Waals surface area contributed by atoms with Crippen molar-refractivity contribution in [1.82, 2.24) is 4.98 Å². The third-order valence-corrected chi connectivity index (χ3v) is 5.00. The zero-order valence-corrected chi connectivity index (χ0v) is 18.8. The lowest BCUT2D eigenvalue weighted by Gasteiger charge is -2.12. The van der Waals surface area contributed by atoms with Crippen LogP contribution in [0.5, 0.6) is 17.2 Å². The van der Waals surface area contributed by atoms with E-state index in [1.807, 2.05) is 36.6 Å². The molecule has 0 radical (unpaired) electrons. The molecule has 1 N–H and O–H groups in total. The van der Waals surface area contributed by atoms with Crippen LogP contribution in [0.1, 0.15) is 25.8 Å².